The predicted octanol–water partition coefficient (Wildman–Crippen LogP) is 7.26. The Bertz CT molecular complexity index is 1410. The molecule has 1 N–H and O–H groups in total. The molecule has 1 amide bonds. The van der Waals surface area contributed by atoms with E-state index in [0.717, 1.165) is 35.7 Å². The van der Waals surface area contributed by atoms with Crippen LogP contribution in [0.2, 0.25) is 18.1 Å². The number of carbonyl (C=O) groups excluding carboxylic acids is 1. The van der Waals surface area contributed by atoms with Crippen molar-refractivity contribution in [3.8, 4) is 5.75 Å². The van der Waals surface area contributed by atoms with Crippen LogP contribution in [-0.2, 0) is 22.9 Å². The summed E-state index contributed by atoms with van der Waals surface area (Å²) in [5.74, 6) is 0.105. The van der Waals surface area contributed by atoms with Gasteiger partial charge in [-0.25, -0.2) is 4.98 Å². The number of aromatic nitrogens is 2. The van der Waals surface area contributed by atoms with E-state index in [1.54, 1.807) is 11.9 Å². The van der Waals surface area contributed by atoms with Gasteiger partial charge in [0.1, 0.15) is 12.4 Å². The Kier molecular flexibility index (Phi) is 10.2. The largest absolute Gasteiger partial charge is 0.481 e. The van der Waals surface area contributed by atoms with Crippen LogP contribution in [0.5, 0.6) is 5.75 Å². The minimum absolute atomic E-state index is 0.0449. The van der Waals surface area contributed by atoms with Gasteiger partial charge in [0.15, 0.2) is 14.0 Å². The van der Waals surface area contributed by atoms with Gasteiger partial charge in [-0.05, 0) is 54.2 Å². The van der Waals surface area contributed by atoms with Gasteiger partial charge >= 0.3 is 0 Å². The van der Waals surface area contributed by atoms with Gasteiger partial charge in [-0.15, -0.1) is 0 Å². The second kappa shape index (κ2) is 13.3. The number of H-pyrrole nitrogens is 1. The Morgan fingerprint density at radius 2 is 1.71 bits per heavy atom. The van der Waals surface area contributed by atoms with E-state index in [4.69, 9.17) is 14.1 Å². The average Bonchev–Trinajstić information content (AvgIpc) is 3.41. The lowest BCUT2D eigenvalue weighted by Crippen LogP contribution is -2.43. The summed E-state index contributed by atoms with van der Waals surface area (Å²) in [7, 11) is -0.243. The number of halogens is 1. The van der Waals surface area contributed by atoms with Gasteiger partial charge in [-0.3, -0.25) is 9.59 Å². The third-order valence-electron chi connectivity index (χ3n) is 8.92. The van der Waals surface area contributed by atoms with Crippen molar-refractivity contribution in [2.24, 2.45) is 0 Å². The molecule has 1 heterocycles. The first kappa shape index (κ1) is 32.2. The minimum Gasteiger partial charge on any atom is -0.481 e. The number of rotatable bonds is 11. The lowest BCUT2D eigenvalue weighted by Gasteiger charge is -2.36. The molecule has 4 rings (SSSR count). The highest BCUT2D eigenvalue weighted by Gasteiger charge is 2.38. The van der Waals surface area contributed by atoms with Crippen molar-refractivity contribution in [3.05, 3.63) is 92.1 Å². The lowest BCUT2D eigenvalue weighted by atomic mass is 9.76. The molecule has 226 valence electrons. The molecule has 0 radical (unpaired) electrons. The Labute approximate surface area is 259 Å². The fourth-order valence-corrected chi connectivity index (χ4v) is 6.58. The molecule has 7 nitrogen and oxygen atoms in total. The predicted molar refractivity (Wildman–Crippen MR) is 174 cm³/mol. The fraction of sp³-hybridized carbons (Fsp3) is 0.485. The molecule has 42 heavy (non-hydrogen) atoms. The van der Waals surface area contributed by atoms with Crippen LogP contribution in [0.4, 0.5) is 0 Å². The van der Waals surface area contributed by atoms with E-state index in [2.05, 4.69) is 79.0 Å². The van der Waals surface area contributed by atoms with E-state index in [9.17, 15) is 9.59 Å². The van der Waals surface area contributed by atoms with Crippen LogP contribution >= 0.6 is 15.9 Å². The Hall–Kier alpha value is -2.75. The molecule has 0 unspecified atom stereocenters. The quantitative estimate of drug-likeness (QED) is 0.220. The number of nitrogens with zero attached hydrogens (tertiary/aromatic N) is 2. The van der Waals surface area contributed by atoms with Crippen molar-refractivity contribution in [3.63, 3.8) is 0 Å². The smallest absolute Gasteiger partial charge is 0.294 e. The zero-order valence-corrected chi connectivity index (χ0v) is 28.3. The van der Waals surface area contributed by atoms with E-state index in [0.29, 0.717) is 25.4 Å². The summed E-state index contributed by atoms with van der Waals surface area (Å²) < 4.78 is 13.3. The maximum atomic E-state index is 13.8. The van der Waals surface area contributed by atoms with Crippen LogP contribution in [0.15, 0.2) is 63.9 Å². The van der Waals surface area contributed by atoms with Gasteiger partial charge in [0.2, 0.25) is 5.75 Å². The molecule has 0 saturated heterocycles. The number of likely N-dealkylation sites (N-methyl/N-ethyl adjacent to an activating group) is 1. The summed E-state index contributed by atoms with van der Waals surface area (Å²) in [6.07, 6.45) is 4.76. The normalized spacial score (nSPS) is 15.0. The molecule has 1 fully saturated rings. The summed E-state index contributed by atoms with van der Waals surface area (Å²) in [4.78, 5) is 36.7. The molecule has 1 aliphatic rings. The molecular formula is C33H44BrN3O4Si. The Morgan fingerprint density at radius 1 is 1.07 bits per heavy atom. The third-order valence-corrected chi connectivity index (χ3v) is 14.0. The first-order chi connectivity index (χ1) is 19.8. The van der Waals surface area contributed by atoms with E-state index in [1.807, 2.05) is 30.3 Å². The molecule has 3 aromatic rings. The molecule has 0 spiro atoms. The summed E-state index contributed by atoms with van der Waals surface area (Å²) >= 11 is 3.54. The van der Waals surface area contributed by atoms with Crippen molar-refractivity contribution in [2.45, 2.75) is 83.0 Å². The van der Waals surface area contributed by atoms with E-state index in [1.165, 1.54) is 5.56 Å². The van der Waals surface area contributed by atoms with Gasteiger partial charge in [0.25, 0.3) is 11.5 Å². The van der Waals surface area contributed by atoms with Crippen molar-refractivity contribution >= 4 is 30.2 Å². The minimum atomic E-state index is -1.97. The van der Waals surface area contributed by atoms with E-state index >= 15 is 0 Å². The Morgan fingerprint density at radius 3 is 2.33 bits per heavy atom. The fourth-order valence-electron chi connectivity index (χ4n) is 5.28. The molecular weight excluding hydrogens is 610 g/mol. The second-order valence-electron chi connectivity index (χ2n) is 13.0. The SMILES string of the molecule is CN(CCO[Si](C)(C)C(C)(C)C)C(=O)c1nc(CC2(c3ccc(Br)cc3)CCCC2)[nH]c(=O)c1OCc1ccccc1. The molecule has 0 aliphatic heterocycles. The van der Waals surface area contributed by atoms with Gasteiger partial charge in [-0.1, -0.05) is 92.0 Å². The standard InChI is InChI=1S/C33H44BrN3O4Si/c1-32(2,3)42(5,6)41-21-20-37(4)31(39)28-29(40-23-24-12-8-7-9-13-24)30(38)36-27(35-28)22-33(18-10-11-19-33)25-14-16-26(34)17-15-25/h7-9,12-17H,10-11,18-23H2,1-6H3,(H,35,36,38). The summed E-state index contributed by atoms with van der Waals surface area (Å²) in [5.41, 5.74) is 1.59. The van der Waals surface area contributed by atoms with Crippen molar-refractivity contribution < 1.29 is 14.0 Å². The van der Waals surface area contributed by atoms with Crippen molar-refractivity contribution in [1.82, 2.24) is 14.9 Å². The number of amides is 1. The second-order valence-corrected chi connectivity index (χ2v) is 18.7. The first-order valence-electron chi connectivity index (χ1n) is 14.8. The van der Waals surface area contributed by atoms with Gasteiger partial charge in [0.05, 0.1) is 6.61 Å². The lowest BCUT2D eigenvalue weighted by molar-refractivity contribution is 0.0757. The van der Waals surface area contributed by atoms with Crippen LogP contribution < -0.4 is 10.3 Å². The molecule has 1 aromatic heterocycles. The topological polar surface area (TPSA) is 84.5 Å². The maximum absolute atomic E-state index is 13.8. The molecule has 0 bridgehead atoms. The van der Waals surface area contributed by atoms with Gasteiger partial charge in [-0.2, -0.15) is 0 Å². The zero-order valence-electron chi connectivity index (χ0n) is 25.8. The highest BCUT2D eigenvalue weighted by atomic mass is 79.9. The van der Waals surface area contributed by atoms with Crippen molar-refractivity contribution in [1.29, 1.82) is 0 Å². The zero-order chi connectivity index (χ0) is 30.5. The molecule has 2 aromatic carbocycles. The number of nitrogens with one attached hydrogen (secondary N) is 1. The number of carbonyl (C=O) groups is 1. The highest BCUT2D eigenvalue weighted by molar-refractivity contribution is 9.10. The van der Waals surface area contributed by atoms with Crippen molar-refractivity contribution in [2.75, 3.05) is 20.2 Å². The van der Waals surface area contributed by atoms with E-state index < -0.39 is 13.9 Å². The number of hydrogen-bond acceptors (Lipinski definition) is 5. The summed E-state index contributed by atoms with van der Waals surface area (Å²) in [5, 5.41) is 0.0717. The van der Waals surface area contributed by atoms with Gasteiger partial charge < -0.3 is 19.0 Å². The first-order valence-corrected chi connectivity index (χ1v) is 18.5. The molecule has 1 saturated carbocycles. The van der Waals surface area contributed by atoms with Crippen LogP contribution in [0.25, 0.3) is 0 Å². The van der Waals surface area contributed by atoms with Gasteiger partial charge in [0, 0.05) is 29.9 Å². The summed E-state index contributed by atoms with van der Waals surface area (Å²) in [6.45, 7) is 11.9. The maximum Gasteiger partial charge on any atom is 0.294 e. The van der Waals surface area contributed by atoms with E-state index in [-0.39, 0.29) is 34.4 Å². The average molecular weight is 655 g/mol. The number of ether oxygens (including phenoxy) is 1. The summed E-state index contributed by atoms with van der Waals surface area (Å²) in [6, 6.07) is 18.0. The Balaban J connectivity index is 1.63. The monoisotopic (exact) mass is 653 g/mol. The van der Waals surface area contributed by atoms with Crippen LogP contribution in [-0.4, -0.2) is 49.3 Å². The highest BCUT2D eigenvalue weighted by Crippen LogP contribution is 2.43. The van der Waals surface area contributed by atoms with Crippen LogP contribution in [0, 0.1) is 0 Å². The molecule has 9 heteroatoms. The number of aromatic amines is 1. The van der Waals surface area contributed by atoms with Crippen LogP contribution in [0.3, 0.4) is 0 Å². The number of hydrogen-bond donors (Lipinski definition) is 1. The van der Waals surface area contributed by atoms with Crippen LogP contribution in [0.1, 0.15) is 73.9 Å². The third kappa shape index (κ3) is 7.60. The molecule has 0 atom stereocenters. The molecule has 1 aliphatic carbocycles. The number of benzene rings is 2.